The van der Waals surface area contributed by atoms with E-state index in [4.69, 9.17) is 18.9 Å². The largest absolute Gasteiger partial charge is 0.492 e. The van der Waals surface area contributed by atoms with Gasteiger partial charge < -0.3 is 24.3 Å². The normalized spacial score (nSPS) is 17.4. The van der Waals surface area contributed by atoms with E-state index in [2.05, 4.69) is 37.4 Å². The van der Waals surface area contributed by atoms with Crippen molar-refractivity contribution in [2.75, 3.05) is 38.9 Å². The minimum absolute atomic E-state index is 0.00494. The van der Waals surface area contributed by atoms with Gasteiger partial charge in [-0.1, -0.05) is 24.3 Å². The molecule has 5 rings (SSSR count). The van der Waals surface area contributed by atoms with Crippen molar-refractivity contribution in [1.29, 1.82) is 0 Å². The summed E-state index contributed by atoms with van der Waals surface area (Å²) in [5.41, 5.74) is 7.74. The van der Waals surface area contributed by atoms with Crippen molar-refractivity contribution in [3.63, 3.8) is 0 Å². The van der Waals surface area contributed by atoms with Crippen LogP contribution < -0.4 is 19.5 Å². The molecule has 1 unspecified atom stereocenters. The first-order valence-corrected chi connectivity index (χ1v) is 15.9. The number of ether oxygens (including phenoxy) is 4. The van der Waals surface area contributed by atoms with Crippen molar-refractivity contribution in [1.82, 2.24) is 5.32 Å². The third-order valence-electron chi connectivity index (χ3n) is 7.75. The molecule has 2 atom stereocenters. The van der Waals surface area contributed by atoms with Gasteiger partial charge in [0.25, 0.3) is 0 Å². The summed E-state index contributed by atoms with van der Waals surface area (Å²) in [6, 6.07) is 16.2. The number of nitrogens with one attached hydrogen (secondary N) is 1. The van der Waals surface area contributed by atoms with Gasteiger partial charge in [0.05, 0.1) is 31.9 Å². The third-order valence-corrected chi connectivity index (χ3v) is 8.78. The quantitative estimate of drug-likeness (QED) is 0.249. The molecule has 2 aliphatic rings. The van der Waals surface area contributed by atoms with Gasteiger partial charge in [-0.25, -0.2) is 8.42 Å². The summed E-state index contributed by atoms with van der Waals surface area (Å²) in [6.07, 6.45) is 2.13. The zero-order chi connectivity index (χ0) is 29.1. The number of sulfone groups is 1. The van der Waals surface area contributed by atoms with Crippen LogP contribution in [0.25, 0.3) is 11.1 Å². The molecular formula is C32H37NO7S. The zero-order valence-electron chi connectivity index (χ0n) is 24.0. The molecule has 218 valence electrons. The topological polar surface area (TPSA) is 100 Å². The molecule has 0 bridgehead atoms. The van der Waals surface area contributed by atoms with Crippen LogP contribution in [0.2, 0.25) is 0 Å². The number of aryl methyl sites for hydroxylation is 1. The molecule has 9 heteroatoms. The van der Waals surface area contributed by atoms with Crippen molar-refractivity contribution in [3.8, 4) is 28.4 Å². The first-order chi connectivity index (χ1) is 19.6. The highest BCUT2D eigenvalue weighted by atomic mass is 32.2. The minimum atomic E-state index is -2.98. The monoisotopic (exact) mass is 579 g/mol. The molecular weight excluding hydrogens is 542 g/mol. The number of methoxy groups -OCH3 is 1. The van der Waals surface area contributed by atoms with Crippen LogP contribution in [0, 0.1) is 13.8 Å². The molecule has 0 aromatic heterocycles. The number of hydrogen-bond donors (Lipinski definition) is 1. The summed E-state index contributed by atoms with van der Waals surface area (Å²) in [4.78, 5) is 11.7. The van der Waals surface area contributed by atoms with Gasteiger partial charge >= 0.3 is 5.97 Å². The van der Waals surface area contributed by atoms with Crippen molar-refractivity contribution < 1.29 is 32.2 Å². The fourth-order valence-electron chi connectivity index (χ4n) is 5.77. The standard InChI is InChI=1S/C32H37NO7S/c1-20-13-29-32(27(19-40-29)33-11-6-12-41(4,35)36)21(2)31(20)23-8-5-7-22(14-23)17-38-25-9-10-26-24(15-30(34)37-3)18-39-28(26)16-25/h5,7-10,13-14,16,24,27,33H,6,11-12,15,17-19H2,1-4H3/t24-,27?/m1/s1. The Morgan fingerprint density at radius 2 is 1.85 bits per heavy atom. The van der Waals surface area contributed by atoms with Gasteiger partial charge in [0.15, 0.2) is 0 Å². The molecule has 2 heterocycles. The average molecular weight is 580 g/mol. The Labute approximate surface area is 241 Å². The number of fused-ring (bicyclic) bond motifs is 2. The molecule has 0 amide bonds. The lowest BCUT2D eigenvalue weighted by Crippen LogP contribution is -2.25. The van der Waals surface area contributed by atoms with Crippen LogP contribution in [0.1, 0.15) is 52.6 Å². The second kappa shape index (κ2) is 12.1. The number of esters is 1. The van der Waals surface area contributed by atoms with Gasteiger partial charge in [0, 0.05) is 29.4 Å². The molecule has 3 aromatic rings. The summed E-state index contributed by atoms with van der Waals surface area (Å²) >= 11 is 0. The molecule has 0 radical (unpaired) electrons. The van der Waals surface area contributed by atoms with Crippen LogP contribution in [0.5, 0.6) is 17.2 Å². The molecule has 2 aliphatic heterocycles. The highest BCUT2D eigenvalue weighted by Gasteiger charge is 2.29. The van der Waals surface area contributed by atoms with E-state index < -0.39 is 9.84 Å². The van der Waals surface area contributed by atoms with Crippen molar-refractivity contribution in [3.05, 3.63) is 76.3 Å². The number of benzene rings is 3. The fraction of sp³-hybridized carbons (Fsp3) is 0.406. The number of hydrogen-bond acceptors (Lipinski definition) is 8. The van der Waals surface area contributed by atoms with E-state index >= 15 is 0 Å². The highest BCUT2D eigenvalue weighted by molar-refractivity contribution is 7.90. The number of rotatable bonds is 11. The first kappa shape index (κ1) is 29.0. The summed E-state index contributed by atoms with van der Waals surface area (Å²) in [5.74, 6) is 2.26. The lowest BCUT2D eigenvalue weighted by molar-refractivity contribution is -0.141. The average Bonchev–Trinajstić information content (AvgIpc) is 3.53. The van der Waals surface area contributed by atoms with Gasteiger partial charge in [-0.3, -0.25) is 4.79 Å². The Kier molecular flexibility index (Phi) is 8.56. The Morgan fingerprint density at radius 3 is 2.63 bits per heavy atom. The van der Waals surface area contributed by atoms with Gasteiger partial charge in [-0.2, -0.15) is 0 Å². The molecule has 0 spiro atoms. The molecule has 0 fully saturated rings. The van der Waals surface area contributed by atoms with Crippen LogP contribution >= 0.6 is 0 Å². The summed E-state index contributed by atoms with van der Waals surface area (Å²) in [7, 11) is -1.58. The maximum absolute atomic E-state index is 11.7. The van der Waals surface area contributed by atoms with E-state index in [0.717, 1.165) is 44.9 Å². The van der Waals surface area contributed by atoms with Crippen LogP contribution in [0.3, 0.4) is 0 Å². The lowest BCUT2D eigenvalue weighted by atomic mass is 9.89. The van der Waals surface area contributed by atoms with Gasteiger partial charge in [0.1, 0.15) is 40.3 Å². The van der Waals surface area contributed by atoms with Crippen molar-refractivity contribution >= 4 is 15.8 Å². The first-order valence-electron chi connectivity index (χ1n) is 13.9. The van der Waals surface area contributed by atoms with Crippen LogP contribution in [-0.4, -0.2) is 53.3 Å². The summed E-state index contributed by atoms with van der Waals surface area (Å²) in [5, 5.41) is 3.49. The fourth-order valence-corrected chi connectivity index (χ4v) is 6.44. The van der Waals surface area contributed by atoms with E-state index in [9.17, 15) is 13.2 Å². The number of carbonyl (C=O) groups is 1. The van der Waals surface area contributed by atoms with Gasteiger partial charge in [0.2, 0.25) is 0 Å². The van der Waals surface area contributed by atoms with Crippen LogP contribution in [0.4, 0.5) is 0 Å². The predicted octanol–water partition coefficient (Wildman–Crippen LogP) is 5.05. The molecule has 8 nitrogen and oxygen atoms in total. The van der Waals surface area contributed by atoms with Crippen molar-refractivity contribution in [2.45, 2.75) is 45.3 Å². The zero-order valence-corrected chi connectivity index (χ0v) is 24.8. The highest BCUT2D eigenvalue weighted by Crippen LogP contribution is 2.42. The second-order valence-corrected chi connectivity index (χ2v) is 13.1. The maximum Gasteiger partial charge on any atom is 0.306 e. The lowest BCUT2D eigenvalue weighted by Gasteiger charge is -2.18. The molecule has 41 heavy (non-hydrogen) atoms. The SMILES string of the molecule is COC(=O)C[C@@H]1COc2cc(OCc3cccc(-c4c(C)cc5c(c4C)C(NCCCS(C)(=O)=O)CO5)c3)ccc21. The third kappa shape index (κ3) is 6.68. The second-order valence-electron chi connectivity index (χ2n) is 10.9. The number of carbonyl (C=O) groups excluding carboxylic acids is 1. The van der Waals surface area contributed by atoms with Crippen LogP contribution in [-0.2, 0) is 26.0 Å². The van der Waals surface area contributed by atoms with E-state index in [1.54, 1.807) is 0 Å². The van der Waals surface area contributed by atoms with Gasteiger partial charge in [-0.05, 0) is 72.8 Å². The molecule has 0 aliphatic carbocycles. The Hall–Kier alpha value is -3.56. The molecule has 0 saturated heterocycles. The van der Waals surface area contributed by atoms with Gasteiger partial charge in [-0.15, -0.1) is 0 Å². The Bertz CT molecular complexity index is 1550. The van der Waals surface area contributed by atoms with E-state index in [0.29, 0.717) is 45.0 Å². The Morgan fingerprint density at radius 1 is 1.05 bits per heavy atom. The Balaban J connectivity index is 1.29. The maximum atomic E-state index is 11.7. The van der Waals surface area contributed by atoms with E-state index in [1.165, 1.54) is 18.9 Å². The van der Waals surface area contributed by atoms with Crippen LogP contribution in [0.15, 0.2) is 48.5 Å². The predicted molar refractivity (Wildman–Crippen MR) is 158 cm³/mol. The molecule has 1 N–H and O–H groups in total. The summed E-state index contributed by atoms with van der Waals surface area (Å²) < 4.78 is 45.7. The van der Waals surface area contributed by atoms with E-state index in [1.807, 2.05) is 30.3 Å². The minimum Gasteiger partial charge on any atom is -0.492 e. The molecule has 0 saturated carbocycles. The van der Waals surface area contributed by atoms with Crippen molar-refractivity contribution in [2.24, 2.45) is 0 Å². The molecule has 3 aromatic carbocycles. The summed E-state index contributed by atoms with van der Waals surface area (Å²) in [6.45, 7) is 6.21. The smallest absolute Gasteiger partial charge is 0.306 e. The van der Waals surface area contributed by atoms with E-state index in [-0.39, 0.29) is 23.7 Å².